The van der Waals surface area contributed by atoms with Crippen LogP contribution in [0.15, 0.2) is 30.5 Å². The quantitative estimate of drug-likeness (QED) is 0.848. The number of rotatable bonds is 2. The highest BCUT2D eigenvalue weighted by molar-refractivity contribution is 5.85. The van der Waals surface area contributed by atoms with E-state index in [1.54, 1.807) is 0 Å². The Balaban J connectivity index is 2.05. The van der Waals surface area contributed by atoms with Crippen molar-refractivity contribution in [3.8, 4) is 0 Å². The van der Waals surface area contributed by atoms with Gasteiger partial charge in [0, 0.05) is 36.1 Å². The molecule has 1 aliphatic rings. The zero-order chi connectivity index (χ0) is 12.7. The number of carboxylic acids is 1. The lowest BCUT2D eigenvalue weighted by Crippen LogP contribution is -2.21. The van der Waals surface area contributed by atoms with Crippen LogP contribution in [0.2, 0.25) is 0 Å². The maximum atomic E-state index is 11.4. The van der Waals surface area contributed by atoms with E-state index in [1.807, 2.05) is 31.4 Å². The first kappa shape index (κ1) is 11.3. The number of likely N-dealkylation sites (tertiary alicyclic amines) is 1. The van der Waals surface area contributed by atoms with Crippen LogP contribution < -0.4 is 0 Å². The number of aromatic amines is 1. The van der Waals surface area contributed by atoms with Gasteiger partial charge in [0.1, 0.15) is 0 Å². The topological polar surface area (TPSA) is 56.3 Å². The maximum Gasteiger partial charge on any atom is 0.308 e. The van der Waals surface area contributed by atoms with E-state index >= 15 is 0 Å². The minimum Gasteiger partial charge on any atom is -0.481 e. The maximum absolute atomic E-state index is 11.4. The van der Waals surface area contributed by atoms with Crippen LogP contribution in [0.25, 0.3) is 10.9 Å². The molecule has 4 nitrogen and oxygen atoms in total. The van der Waals surface area contributed by atoms with Crippen LogP contribution in [0.4, 0.5) is 0 Å². The number of para-hydroxylation sites is 1. The number of H-pyrrole nitrogens is 1. The van der Waals surface area contributed by atoms with Crippen molar-refractivity contribution in [1.29, 1.82) is 0 Å². The van der Waals surface area contributed by atoms with Gasteiger partial charge < -0.3 is 15.0 Å². The van der Waals surface area contributed by atoms with E-state index in [2.05, 4.69) is 16.0 Å². The van der Waals surface area contributed by atoms with Crippen molar-refractivity contribution < 1.29 is 9.90 Å². The lowest BCUT2D eigenvalue weighted by atomic mass is 9.89. The number of nitrogens with zero attached hydrogens (tertiary/aromatic N) is 1. The van der Waals surface area contributed by atoms with Gasteiger partial charge in [-0.2, -0.15) is 0 Å². The smallest absolute Gasteiger partial charge is 0.308 e. The van der Waals surface area contributed by atoms with Crippen molar-refractivity contribution in [1.82, 2.24) is 9.88 Å². The van der Waals surface area contributed by atoms with E-state index in [9.17, 15) is 9.90 Å². The lowest BCUT2D eigenvalue weighted by Gasteiger charge is -2.13. The number of likely N-dealkylation sites (N-methyl/N-ethyl adjacent to an activating group) is 1. The predicted octanol–water partition coefficient (Wildman–Crippen LogP) is 1.90. The Kier molecular flexibility index (Phi) is 2.59. The summed E-state index contributed by atoms with van der Waals surface area (Å²) < 4.78 is 0. The zero-order valence-corrected chi connectivity index (χ0v) is 10.3. The summed E-state index contributed by atoms with van der Waals surface area (Å²) in [5, 5.41) is 10.5. The van der Waals surface area contributed by atoms with Gasteiger partial charge in [0.05, 0.1) is 5.92 Å². The fourth-order valence-corrected chi connectivity index (χ4v) is 2.97. The van der Waals surface area contributed by atoms with Crippen molar-refractivity contribution in [2.75, 3.05) is 20.1 Å². The summed E-state index contributed by atoms with van der Waals surface area (Å²) in [5.74, 6) is -0.938. The van der Waals surface area contributed by atoms with Crippen LogP contribution in [0.5, 0.6) is 0 Å². The van der Waals surface area contributed by atoms with Crippen LogP contribution in [-0.2, 0) is 4.79 Å². The van der Waals surface area contributed by atoms with Gasteiger partial charge in [-0.15, -0.1) is 0 Å². The van der Waals surface area contributed by atoms with Crippen molar-refractivity contribution in [2.24, 2.45) is 5.92 Å². The summed E-state index contributed by atoms with van der Waals surface area (Å²) in [4.78, 5) is 16.7. The first-order valence-electron chi connectivity index (χ1n) is 6.14. The van der Waals surface area contributed by atoms with Crippen molar-refractivity contribution >= 4 is 16.9 Å². The van der Waals surface area contributed by atoms with Crippen LogP contribution in [0.3, 0.4) is 0 Å². The molecule has 1 aromatic heterocycles. The Morgan fingerprint density at radius 3 is 2.94 bits per heavy atom. The predicted molar refractivity (Wildman–Crippen MR) is 69.7 cm³/mol. The number of nitrogens with one attached hydrogen (secondary N) is 1. The van der Waals surface area contributed by atoms with E-state index in [0.29, 0.717) is 6.54 Å². The third kappa shape index (κ3) is 1.69. The molecule has 1 aromatic carbocycles. The van der Waals surface area contributed by atoms with Gasteiger partial charge >= 0.3 is 5.97 Å². The number of fused-ring (bicyclic) bond motifs is 1. The molecular weight excluding hydrogens is 228 g/mol. The van der Waals surface area contributed by atoms with Crippen LogP contribution in [0, 0.1) is 5.92 Å². The van der Waals surface area contributed by atoms with Crippen LogP contribution in [-0.4, -0.2) is 41.1 Å². The Hall–Kier alpha value is -1.81. The minimum absolute atomic E-state index is 0.0728. The van der Waals surface area contributed by atoms with Gasteiger partial charge in [-0.25, -0.2) is 0 Å². The fraction of sp³-hybridized carbons (Fsp3) is 0.357. The molecule has 94 valence electrons. The second-order valence-electron chi connectivity index (χ2n) is 5.06. The number of hydrogen-bond donors (Lipinski definition) is 2. The monoisotopic (exact) mass is 244 g/mol. The molecule has 2 N–H and O–H groups in total. The summed E-state index contributed by atoms with van der Waals surface area (Å²) in [5.41, 5.74) is 2.20. The molecule has 0 spiro atoms. The van der Waals surface area contributed by atoms with Crippen molar-refractivity contribution in [3.63, 3.8) is 0 Å². The molecule has 3 rings (SSSR count). The molecule has 1 saturated heterocycles. The van der Waals surface area contributed by atoms with Gasteiger partial charge in [0.15, 0.2) is 0 Å². The number of carbonyl (C=O) groups is 1. The highest BCUT2D eigenvalue weighted by Crippen LogP contribution is 2.35. The molecule has 18 heavy (non-hydrogen) atoms. The average molecular weight is 244 g/mol. The first-order chi connectivity index (χ1) is 8.66. The third-order valence-corrected chi connectivity index (χ3v) is 3.84. The lowest BCUT2D eigenvalue weighted by molar-refractivity contribution is -0.141. The number of aliphatic carboxylic acids is 1. The number of hydrogen-bond acceptors (Lipinski definition) is 2. The largest absolute Gasteiger partial charge is 0.481 e. The Morgan fingerprint density at radius 1 is 1.39 bits per heavy atom. The summed E-state index contributed by atoms with van der Waals surface area (Å²) in [7, 11) is 1.98. The van der Waals surface area contributed by atoms with E-state index in [4.69, 9.17) is 0 Å². The molecule has 2 aromatic rings. The molecule has 2 atom stereocenters. The summed E-state index contributed by atoms with van der Waals surface area (Å²) in [6.07, 6.45) is 1.96. The standard InChI is InChI=1S/C14H16N2O2/c1-16-7-11(12(8-16)14(17)18)10-6-15-13-5-3-2-4-9(10)13/h2-6,11-12,15H,7-8H2,1H3,(H,17,18). The van der Waals surface area contributed by atoms with Gasteiger partial charge in [-0.1, -0.05) is 18.2 Å². The number of carboxylic acid groups (broad SMARTS) is 1. The first-order valence-corrected chi connectivity index (χ1v) is 6.14. The molecule has 0 aliphatic carbocycles. The van der Waals surface area contributed by atoms with Gasteiger partial charge in [0.25, 0.3) is 0 Å². The highest BCUT2D eigenvalue weighted by atomic mass is 16.4. The van der Waals surface area contributed by atoms with Crippen molar-refractivity contribution in [3.05, 3.63) is 36.0 Å². The van der Waals surface area contributed by atoms with Crippen LogP contribution in [0.1, 0.15) is 11.5 Å². The third-order valence-electron chi connectivity index (χ3n) is 3.84. The zero-order valence-electron chi connectivity index (χ0n) is 10.3. The SMILES string of the molecule is CN1CC(C(=O)O)C(c2c[nH]c3ccccc23)C1. The summed E-state index contributed by atoms with van der Waals surface area (Å²) in [6, 6.07) is 8.05. The normalized spacial score (nSPS) is 24.7. The summed E-state index contributed by atoms with van der Waals surface area (Å²) in [6.45, 7) is 1.43. The molecule has 0 amide bonds. The van der Waals surface area contributed by atoms with Gasteiger partial charge in [-0.3, -0.25) is 4.79 Å². The molecule has 2 heterocycles. The van der Waals surface area contributed by atoms with E-state index < -0.39 is 5.97 Å². The Bertz CT molecular complexity index is 590. The molecule has 0 bridgehead atoms. The highest BCUT2D eigenvalue weighted by Gasteiger charge is 2.37. The Labute approximate surface area is 105 Å². The van der Waals surface area contributed by atoms with Crippen molar-refractivity contribution in [2.45, 2.75) is 5.92 Å². The second-order valence-corrected chi connectivity index (χ2v) is 5.06. The minimum atomic E-state index is -0.699. The van der Waals surface area contributed by atoms with Gasteiger partial charge in [-0.05, 0) is 18.7 Å². The van der Waals surface area contributed by atoms with E-state index in [0.717, 1.165) is 23.0 Å². The second kappa shape index (κ2) is 4.14. The fourth-order valence-electron chi connectivity index (χ4n) is 2.97. The average Bonchev–Trinajstić information content (AvgIpc) is 2.92. The number of aromatic nitrogens is 1. The number of benzene rings is 1. The molecule has 0 saturated carbocycles. The summed E-state index contributed by atoms with van der Waals surface area (Å²) >= 11 is 0. The van der Waals surface area contributed by atoms with E-state index in [1.165, 1.54) is 0 Å². The molecular formula is C14H16N2O2. The van der Waals surface area contributed by atoms with Crippen LogP contribution >= 0.6 is 0 Å². The molecule has 0 radical (unpaired) electrons. The molecule has 2 unspecified atom stereocenters. The molecule has 1 fully saturated rings. The molecule has 1 aliphatic heterocycles. The van der Waals surface area contributed by atoms with E-state index in [-0.39, 0.29) is 11.8 Å². The Morgan fingerprint density at radius 2 is 2.17 bits per heavy atom. The van der Waals surface area contributed by atoms with Gasteiger partial charge in [0.2, 0.25) is 0 Å². The molecule has 4 heteroatoms.